The second kappa shape index (κ2) is 8.23. The number of hydrogen-bond acceptors (Lipinski definition) is 5. The summed E-state index contributed by atoms with van der Waals surface area (Å²) in [6.07, 6.45) is 4.61. The Kier molecular flexibility index (Phi) is 5.71. The van der Waals surface area contributed by atoms with E-state index in [0.717, 1.165) is 34.6 Å². The molecule has 148 valence electrons. The number of esters is 1. The van der Waals surface area contributed by atoms with Crippen LogP contribution >= 0.6 is 22.9 Å². The molecule has 0 aliphatic carbocycles. The summed E-state index contributed by atoms with van der Waals surface area (Å²) in [5, 5.41) is 6.28. The Morgan fingerprint density at radius 2 is 2.11 bits per heavy atom. The van der Waals surface area contributed by atoms with Crippen LogP contribution in [0.1, 0.15) is 41.0 Å². The number of halogens is 1. The molecule has 1 fully saturated rings. The lowest BCUT2D eigenvalue weighted by Gasteiger charge is -2.32. The highest BCUT2D eigenvalue weighted by Crippen LogP contribution is 2.31. The molecule has 0 saturated carbocycles. The molecule has 0 unspecified atom stereocenters. The molecule has 0 amide bonds. The van der Waals surface area contributed by atoms with Crippen molar-refractivity contribution in [3.63, 3.8) is 0 Å². The molecule has 3 heterocycles. The standard InChI is InChI=1S/C21H24ClN3O2S/c1-14-18-13-19(21(26)27-12-10-16-5-3-4-11-24(16)2)28-20(18)25(23-14)17-8-6-15(22)7-9-17/h6-9,13,16H,3-5,10-12H2,1-2H3/t16-/m1/s1. The van der Waals surface area contributed by atoms with Crippen LogP contribution < -0.4 is 0 Å². The van der Waals surface area contributed by atoms with Crippen LogP contribution in [0.4, 0.5) is 0 Å². The highest BCUT2D eigenvalue weighted by molar-refractivity contribution is 7.20. The topological polar surface area (TPSA) is 47.4 Å². The number of hydrogen-bond donors (Lipinski definition) is 0. The van der Waals surface area contributed by atoms with E-state index in [2.05, 4.69) is 17.0 Å². The Morgan fingerprint density at radius 1 is 1.32 bits per heavy atom. The van der Waals surface area contributed by atoms with Gasteiger partial charge in [0.05, 0.1) is 18.0 Å². The van der Waals surface area contributed by atoms with E-state index >= 15 is 0 Å². The van der Waals surface area contributed by atoms with Gasteiger partial charge in [0, 0.05) is 16.5 Å². The molecule has 4 rings (SSSR count). The number of fused-ring (bicyclic) bond motifs is 1. The molecule has 7 heteroatoms. The van der Waals surface area contributed by atoms with E-state index in [1.807, 2.05) is 41.9 Å². The summed E-state index contributed by atoms with van der Waals surface area (Å²) in [5.41, 5.74) is 1.81. The minimum atomic E-state index is -0.248. The summed E-state index contributed by atoms with van der Waals surface area (Å²) in [6.45, 7) is 3.55. The fourth-order valence-corrected chi connectivity index (χ4v) is 4.98. The first-order valence-corrected chi connectivity index (χ1v) is 10.8. The van der Waals surface area contributed by atoms with Gasteiger partial charge in [-0.05, 0) is 70.1 Å². The van der Waals surface area contributed by atoms with E-state index in [4.69, 9.17) is 16.3 Å². The number of rotatable bonds is 5. The van der Waals surface area contributed by atoms with Crippen LogP contribution in [-0.4, -0.2) is 46.9 Å². The summed E-state index contributed by atoms with van der Waals surface area (Å²) in [7, 11) is 2.16. The average molecular weight is 418 g/mol. The third-order valence-electron chi connectivity index (χ3n) is 5.42. The number of nitrogens with zero attached hydrogens (tertiary/aromatic N) is 3. The second-order valence-electron chi connectivity index (χ2n) is 7.36. The zero-order valence-electron chi connectivity index (χ0n) is 16.2. The highest BCUT2D eigenvalue weighted by Gasteiger charge is 2.21. The number of aryl methyl sites for hydroxylation is 1. The molecule has 1 aromatic carbocycles. The van der Waals surface area contributed by atoms with Gasteiger partial charge in [-0.1, -0.05) is 18.0 Å². The summed E-state index contributed by atoms with van der Waals surface area (Å²) < 4.78 is 7.44. The fourth-order valence-electron chi connectivity index (χ4n) is 3.77. The SMILES string of the molecule is Cc1nn(-c2ccc(Cl)cc2)c2sc(C(=O)OCC[C@H]3CCCCN3C)cc12. The van der Waals surface area contributed by atoms with Crippen LogP contribution in [0.15, 0.2) is 30.3 Å². The molecule has 0 bridgehead atoms. The van der Waals surface area contributed by atoms with Gasteiger partial charge < -0.3 is 9.64 Å². The predicted molar refractivity (Wildman–Crippen MR) is 114 cm³/mol. The lowest BCUT2D eigenvalue weighted by atomic mass is 10.0. The Balaban J connectivity index is 1.47. The molecule has 28 heavy (non-hydrogen) atoms. The van der Waals surface area contributed by atoms with Crippen LogP contribution in [0.3, 0.4) is 0 Å². The first kappa shape index (κ1) is 19.4. The quantitative estimate of drug-likeness (QED) is 0.543. The minimum absolute atomic E-state index is 0.248. The van der Waals surface area contributed by atoms with Crippen molar-refractivity contribution in [1.82, 2.24) is 14.7 Å². The Morgan fingerprint density at radius 3 is 2.86 bits per heavy atom. The lowest BCUT2D eigenvalue weighted by molar-refractivity contribution is 0.0455. The van der Waals surface area contributed by atoms with Gasteiger partial charge >= 0.3 is 5.97 Å². The van der Waals surface area contributed by atoms with Crippen molar-refractivity contribution in [2.75, 3.05) is 20.2 Å². The van der Waals surface area contributed by atoms with Gasteiger partial charge in [-0.2, -0.15) is 5.10 Å². The Bertz CT molecular complexity index is 980. The Labute approximate surface area is 173 Å². The normalized spacial score (nSPS) is 17.9. The molecule has 1 aliphatic rings. The molecule has 1 saturated heterocycles. The summed E-state index contributed by atoms with van der Waals surface area (Å²) >= 11 is 7.41. The van der Waals surface area contributed by atoms with Crippen molar-refractivity contribution in [3.05, 3.63) is 45.9 Å². The molecular formula is C21H24ClN3O2S. The summed E-state index contributed by atoms with van der Waals surface area (Å²) in [5.74, 6) is -0.248. The van der Waals surface area contributed by atoms with Crippen molar-refractivity contribution in [3.8, 4) is 5.69 Å². The minimum Gasteiger partial charge on any atom is -0.461 e. The van der Waals surface area contributed by atoms with E-state index in [1.165, 1.54) is 30.6 Å². The number of piperidine rings is 1. The summed E-state index contributed by atoms with van der Waals surface area (Å²) in [6, 6.07) is 9.93. The number of ether oxygens (including phenoxy) is 1. The van der Waals surface area contributed by atoms with E-state index in [1.54, 1.807) is 0 Å². The van der Waals surface area contributed by atoms with Crippen molar-refractivity contribution in [2.45, 2.75) is 38.6 Å². The van der Waals surface area contributed by atoms with Gasteiger partial charge in [-0.3, -0.25) is 0 Å². The van der Waals surface area contributed by atoms with Crippen molar-refractivity contribution < 1.29 is 9.53 Å². The number of benzene rings is 1. The van der Waals surface area contributed by atoms with Gasteiger partial charge in [-0.15, -0.1) is 11.3 Å². The molecule has 5 nitrogen and oxygen atoms in total. The maximum Gasteiger partial charge on any atom is 0.348 e. The van der Waals surface area contributed by atoms with E-state index < -0.39 is 0 Å². The van der Waals surface area contributed by atoms with Gasteiger partial charge in [-0.25, -0.2) is 9.48 Å². The van der Waals surface area contributed by atoms with Gasteiger partial charge in [0.1, 0.15) is 9.71 Å². The average Bonchev–Trinajstić information content (AvgIpc) is 3.25. The first-order chi connectivity index (χ1) is 13.5. The van der Waals surface area contributed by atoms with Crippen LogP contribution in [0.2, 0.25) is 5.02 Å². The first-order valence-electron chi connectivity index (χ1n) is 9.65. The van der Waals surface area contributed by atoms with Gasteiger partial charge in [0.15, 0.2) is 0 Å². The summed E-state index contributed by atoms with van der Waals surface area (Å²) in [4.78, 5) is 16.5. The zero-order chi connectivity index (χ0) is 19.7. The number of thiophene rings is 1. The number of carbonyl (C=O) groups is 1. The third kappa shape index (κ3) is 3.95. The van der Waals surface area contributed by atoms with E-state index in [9.17, 15) is 4.79 Å². The number of carbonyl (C=O) groups excluding carboxylic acids is 1. The molecule has 3 aromatic rings. The molecular weight excluding hydrogens is 394 g/mol. The van der Waals surface area contributed by atoms with E-state index in [0.29, 0.717) is 22.5 Å². The Hall–Kier alpha value is -1.89. The molecule has 1 atom stereocenters. The fraction of sp³-hybridized carbons (Fsp3) is 0.429. The highest BCUT2D eigenvalue weighted by atomic mass is 35.5. The van der Waals surface area contributed by atoms with Gasteiger partial charge in [0.25, 0.3) is 0 Å². The zero-order valence-corrected chi connectivity index (χ0v) is 17.7. The molecule has 0 radical (unpaired) electrons. The smallest absolute Gasteiger partial charge is 0.348 e. The van der Waals surface area contributed by atoms with Crippen LogP contribution in [-0.2, 0) is 4.74 Å². The number of aromatic nitrogens is 2. The van der Waals surface area contributed by atoms with Crippen molar-refractivity contribution >= 4 is 39.1 Å². The molecule has 0 N–H and O–H groups in total. The predicted octanol–water partition coefficient (Wildman–Crippen LogP) is 5.08. The van der Waals surface area contributed by atoms with Crippen LogP contribution in [0.25, 0.3) is 15.9 Å². The third-order valence-corrected chi connectivity index (χ3v) is 6.77. The molecule has 1 aliphatic heterocycles. The van der Waals surface area contributed by atoms with Crippen LogP contribution in [0.5, 0.6) is 0 Å². The molecule has 2 aromatic heterocycles. The maximum absolute atomic E-state index is 12.6. The van der Waals surface area contributed by atoms with E-state index in [-0.39, 0.29) is 5.97 Å². The van der Waals surface area contributed by atoms with Crippen molar-refractivity contribution in [1.29, 1.82) is 0 Å². The molecule has 0 spiro atoms. The van der Waals surface area contributed by atoms with Gasteiger partial charge in [0.2, 0.25) is 0 Å². The second-order valence-corrected chi connectivity index (χ2v) is 8.83. The van der Waals surface area contributed by atoms with Crippen LogP contribution in [0, 0.1) is 6.92 Å². The lowest BCUT2D eigenvalue weighted by Crippen LogP contribution is -2.37. The number of likely N-dealkylation sites (tertiary alicyclic amines) is 1. The monoisotopic (exact) mass is 417 g/mol. The van der Waals surface area contributed by atoms with Crippen molar-refractivity contribution in [2.24, 2.45) is 0 Å². The largest absolute Gasteiger partial charge is 0.461 e. The maximum atomic E-state index is 12.6.